The van der Waals surface area contributed by atoms with E-state index in [1.54, 1.807) is 0 Å². The number of amides is 1. The lowest BCUT2D eigenvalue weighted by atomic mass is 9.93. The average Bonchev–Trinajstić information content (AvgIpc) is 2.64. The topological polar surface area (TPSA) is 78.4 Å². The molecule has 25 heavy (non-hydrogen) atoms. The van der Waals surface area contributed by atoms with Gasteiger partial charge in [-0.25, -0.2) is 0 Å². The third kappa shape index (κ3) is 4.14. The third-order valence-electron chi connectivity index (χ3n) is 4.68. The van der Waals surface area contributed by atoms with Crippen LogP contribution in [0, 0.1) is 12.8 Å². The van der Waals surface area contributed by atoms with Crippen LogP contribution in [-0.2, 0) is 0 Å². The minimum Gasteiger partial charge on any atom is -0.396 e. The molecule has 0 spiro atoms. The number of nitrogens with zero attached hydrogens (tertiary/aromatic N) is 3. The molecule has 1 aliphatic rings. The zero-order valence-corrected chi connectivity index (χ0v) is 14.6. The number of rotatable bonds is 4. The van der Waals surface area contributed by atoms with Crippen LogP contribution in [0.1, 0.15) is 35.8 Å². The number of nitrogens with one attached hydrogen (secondary N) is 1. The van der Waals surface area contributed by atoms with E-state index in [0.29, 0.717) is 17.9 Å². The molecule has 2 aromatic rings. The van der Waals surface area contributed by atoms with Crippen molar-refractivity contribution in [3.05, 3.63) is 47.7 Å². The van der Waals surface area contributed by atoms with Crippen LogP contribution in [0.5, 0.6) is 0 Å². The van der Waals surface area contributed by atoms with Gasteiger partial charge in [0.25, 0.3) is 5.91 Å². The Morgan fingerprint density at radius 1 is 1.28 bits per heavy atom. The first kappa shape index (κ1) is 17.4. The number of benzene rings is 1. The molecule has 2 atom stereocenters. The second-order valence-corrected chi connectivity index (χ2v) is 6.70. The lowest BCUT2D eigenvalue weighted by Gasteiger charge is -2.37. The van der Waals surface area contributed by atoms with E-state index in [1.807, 2.05) is 48.2 Å². The summed E-state index contributed by atoms with van der Waals surface area (Å²) in [5.41, 5.74) is 2.29. The number of aliphatic hydroxyl groups excluding tert-OH is 1. The first-order valence-corrected chi connectivity index (χ1v) is 8.66. The summed E-state index contributed by atoms with van der Waals surface area (Å²) in [4.78, 5) is 14.8. The Kier molecular flexibility index (Phi) is 5.28. The van der Waals surface area contributed by atoms with E-state index < -0.39 is 0 Å². The van der Waals surface area contributed by atoms with Gasteiger partial charge in [-0.1, -0.05) is 6.07 Å². The van der Waals surface area contributed by atoms with Gasteiger partial charge in [-0.3, -0.25) is 4.79 Å². The molecule has 2 N–H and O–H groups in total. The monoisotopic (exact) mass is 340 g/mol. The Morgan fingerprint density at radius 2 is 2.12 bits per heavy atom. The minimum atomic E-state index is 0.00397. The number of carbonyl (C=O) groups is 1. The molecule has 0 bridgehead atoms. The maximum atomic E-state index is 12.9. The SMILES string of the molecule is Cc1ccc(Nc2cccc(C(=O)N3CC(CO)CCC3C)c2)nn1. The standard InChI is InChI=1S/C19H24N4O2/c1-13-6-9-18(22-21-13)20-17-5-3-4-16(10-17)19(25)23-11-15(12-24)8-7-14(23)2/h3-6,9-10,14-15,24H,7-8,11-12H2,1-2H3,(H,20,22). The first-order valence-electron chi connectivity index (χ1n) is 8.66. The quantitative estimate of drug-likeness (QED) is 0.895. The van der Waals surface area contributed by atoms with E-state index in [2.05, 4.69) is 22.4 Å². The summed E-state index contributed by atoms with van der Waals surface area (Å²) in [6.45, 7) is 4.69. The number of aliphatic hydroxyl groups is 1. The van der Waals surface area contributed by atoms with Crippen molar-refractivity contribution in [2.24, 2.45) is 5.92 Å². The maximum absolute atomic E-state index is 12.9. The predicted octanol–water partition coefficient (Wildman–Crippen LogP) is 2.76. The molecule has 1 aromatic heterocycles. The number of piperidine rings is 1. The lowest BCUT2D eigenvalue weighted by molar-refractivity contribution is 0.0489. The summed E-state index contributed by atoms with van der Waals surface area (Å²) >= 11 is 0. The van der Waals surface area contributed by atoms with Crippen LogP contribution in [0.25, 0.3) is 0 Å². The number of likely N-dealkylation sites (tertiary alicyclic amines) is 1. The predicted molar refractivity (Wildman–Crippen MR) is 96.8 cm³/mol. The van der Waals surface area contributed by atoms with Gasteiger partial charge in [-0.15, -0.1) is 5.10 Å². The Hall–Kier alpha value is -2.47. The van der Waals surface area contributed by atoms with E-state index >= 15 is 0 Å². The van der Waals surface area contributed by atoms with Gasteiger partial charge in [0.2, 0.25) is 0 Å². The molecule has 0 radical (unpaired) electrons. The molecule has 6 heteroatoms. The van der Waals surface area contributed by atoms with Crippen LogP contribution in [0.3, 0.4) is 0 Å². The fraction of sp³-hybridized carbons (Fsp3) is 0.421. The smallest absolute Gasteiger partial charge is 0.254 e. The number of carbonyl (C=O) groups excluding carboxylic acids is 1. The van der Waals surface area contributed by atoms with E-state index in [0.717, 1.165) is 24.2 Å². The molecule has 6 nitrogen and oxygen atoms in total. The van der Waals surface area contributed by atoms with Crippen molar-refractivity contribution in [1.29, 1.82) is 0 Å². The highest BCUT2D eigenvalue weighted by atomic mass is 16.3. The molecule has 2 heterocycles. The highest BCUT2D eigenvalue weighted by molar-refractivity contribution is 5.95. The summed E-state index contributed by atoms with van der Waals surface area (Å²) < 4.78 is 0. The van der Waals surface area contributed by atoms with Gasteiger partial charge in [-0.2, -0.15) is 5.10 Å². The third-order valence-corrected chi connectivity index (χ3v) is 4.68. The zero-order chi connectivity index (χ0) is 17.8. The molecule has 1 aromatic carbocycles. The van der Waals surface area contributed by atoms with Crippen LogP contribution < -0.4 is 5.32 Å². The molecule has 0 aliphatic carbocycles. The van der Waals surface area contributed by atoms with Crippen molar-refractivity contribution in [3.8, 4) is 0 Å². The molecule has 0 saturated carbocycles. The molecule has 1 amide bonds. The van der Waals surface area contributed by atoms with Crippen molar-refractivity contribution in [1.82, 2.24) is 15.1 Å². The second kappa shape index (κ2) is 7.61. The van der Waals surface area contributed by atoms with Gasteiger partial charge in [0.1, 0.15) is 0 Å². The molecule has 132 valence electrons. The molecule has 1 fully saturated rings. The van der Waals surface area contributed by atoms with E-state index in [9.17, 15) is 9.90 Å². The Balaban J connectivity index is 1.76. The summed E-state index contributed by atoms with van der Waals surface area (Å²) in [5, 5.41) is 20.7. The van der Waals surface area contributed by atoms with Crippen molar-refractivity contribution in [2.75, 3.05) is 18.5 Å². The van der Waals surface area contributed by atoms with Gasteiger partial charge >= 0.3 is 0 Å². The molecule has 1 saturated heterocycles. The second-order valence-electron chi connectivity index (χ2n) is 6.70. The van der Waals surface area contributed by atoms with Gasteiger partial charge < -0.3 is 15.3 Å². The van der Waals surface area contributed by atoms with Crippen LogP contribution in [0.2, 0.25) is 0 Å². The van der Waals surface area contributed by atoms with E-state index in [1.165, 1.54) is 0 Å². The van der Waals surface area contributed by atoms with Gasteiger partial charge in [-0.05, 0) is 62.9 Å². The molecule has 2 unspecified atom stereocenters. The molecule has 3 rings (SSSR count). The van der Waals surface area contributed by atoms with Crippen molar-refractivity contribution >= 4 is 17.4 Å². The van der Waals surface area contributed by atoms with Crippen LogP contribution >= 0.6 is 0 Å². The lowest BCUT2D eigenvalue weighted by Crippen LogP contribution is -2.46. The normalized spacial score (nSPS) is 20.4. The average molecular weight is 340 g/mol. The Labute approximate surface area is 147 Å². The summed E-state index contributed by atoms with van der Waals surface area (Å²) in [5.74, 6) is 0.815. The van der Waals surface area contributed by atoms with Gasteiger partial charge in [0, 0.05) is 30.4 Å². The number of hydrogen-bond donors (Lipinski definition) is 2. The fourth-order valence-electron chi connectivity index (χ4n) is 3.12. The van der Waals surface area contributed by atoms with Crippen LogP contribution in [0.4, 0.5) is 11.5 Å². The highest BCUT2D eigenvalue weighted by Gasteiger charge is 2.29. The number of anilines is 2. The molecular weight excluding hydrogens is 316 g/mol. The van der Waals surface area contributed by atoms with Crippen LogP contribution in [0.15, 0.2) is 36.4 Å². The molecular formula is C19H24N4O2. The minimum absolute atomic E-state index is 0.00397. The summed E-state index contributed by atoms with van der Waals surface area (Å²) in [6, 6.07) is 11.3. The van der Waals surface area contributed by atoms with Gasteiger partial charge in [0.15, 0.2) is 5.82 Å². The summed E-state index contributed by atoms with van der Waals surface area (Å²) in [6.07, 6.45) is 1.89. The van der Waals surface area contributed by atoms with Gasteiger partial charge in [0.05, 0.1) is 5.69 Å². The maximum Gasteiger partial charge on any atom is 0.254 e. The zero-order valence-electron chi connectivity index (χ0n) is 14.6. The van der Waals surface area contributed by atoms with Crippen LogP contribution in [-0.4, -0.2) is 45.3 Å². The van der Waals surface area contributed by atoms with Crippen molar-refractivity contribution in [3.63, 3.8) is 0 Å². The number of aromatic nitrogens is 2. The van der Waals surface area contributed by atoms with Crippen molar-refractivity contribution in [2.45, 2.75) is 32.7 Å². The first-order chi connectivity index (χ1) is 12.1. The van der Waals surface area contributed by atoms with E-state index in [-0.39, 0.29) is 24.5 Å². The number of hydrogen-bond acceptors (Lipinski definition) is 5. The van der Waals surface area contributed by atoms with E-state index in [4.69, 9.17) is 0 Å². The summed E-state index contributed by atoms with van der Waals surface area (Å²) in [7, 11) is 0. The fourth-order valence-corrected chi connectivity index (χ4v) is 3.12. The Bertz CT molecular complexity index is 732. The number of aryl methyl sites for hydroxylation is 1. The largest absolute Gasteiger partial charge is 0.396 e. The molecule has 1 aliphatic heterocycles. The Morgan fingerprint density at radius 3 is 2.84 bits per heavy atom. The highest BCUT2D eigenvalue weighted by Crippen LogP contribution is 2.24. The van der Waals surface area contributed by atoms with Crippen molar-refractivity contribution < 1.29 is 9.90 Å².